The lowest BCUT2D eigenvalue weighted by Gasteiger charge is -2.12. The highest BCUT2D eigenvalue weighted by Crippen LogP contribution is 2.32. The van der Waals surface area contributed by atoms with Crippen LogP contribution >= 0.6 is 0 Å². The molecule has 3 aromatic rings. The molecule has 0 radical (unpaired) electrons. The number of aryl methyl sites for hydroxylation is 1. The Balaban J connectivity index is 1.74. The fraction of sp³-hybridized carbons (Fsp3) is 0.316. The number of benzene rings is 1. The molecule has 1 amide bonds. The maximum Gasteiger partial charge on any atom is 0.271 e. The van der Waals surface area contributed by atoms with E-state index >= 15 is 0 Å². The summed E-state index contributed by atoms with van der Waals surface area (Å²) in [5, 5.41) is 7.55. The third-order valence-electron chi connectivity index (χ3n) is 4.69. The van der Waals surface area contributed by atoms with Crippen LogP contribution in [-0.2, 0) is 0 Å². The van der Waals surface area contributed by atoms with Crippen molar-refractivity contribution in [2.24, 2.45) is 5.92 Å². The molecule has 0 aliphatic heterocycles. The van der Waals surface area contributed by atoms with Crippen molar-refractivity contribution in [1.82, 2.24) is 19.9 Å². The van der Waals surface area contributed by atoms with Crippen molar-refractivity contribution in [2.75, 3.05) is 0 Å². The fourth-order valence-electron chi connectivity index (χ4n) is 3.06. The van der Waals surface area contributed by atoms with Crippen molar-refractivity contribution in [1.29, 1.82) is 0 Å². The molecule has 1 N–H and O–H groups in total. The van der Waals surface area contributed by atoms with Gasteiger partial charge in [0.05, 0.1) is 11.9 Å². The Morgan fingerprint density at radius 3 is 2.88 bits per heavy atom. The highest BCUT2D eigenvalue weighted by atomic mass is 19.1. The second kappa shape index (κ2) is 5.95. The average Bonchev–Trinajstić information content (AvgIpc) is 3.34. The van der Waals surface area contributed by atoms with Crippen molar-refractivity contribution in [3.05, 3.63) is 53.6 Å². The van der Waals surface area contributed by atoms with Gasteiger partial charge < -0.3 is 5.32 Å². The van der Waals surface area contributed by atoms with Crippen LogP contribution in [0.5, 0.6) is 0 Å². The smallest absolute Gasteiger partial charge is 0.271 e. The molecule has 0 saturated heterocycles. The van der Waals surface area contributed by atoms with Crippen molar-refractivity contribution in [3.63, 3.8) is 0 Å². The van der Waals surface area contributed by atoms with Gasteiger partial charge in [-0.2, -0.15) is 5.10 Å². The van der Waals surface area contributed by atoms with Crippen LogP contribution in [0.15, 0.2) is 36.5 Å². The minimum Gasteiger partial charge on any atom is -0.348 e. The normalized spacial score (nSPS) is 15.3. The van der Waals surface area contributed by atoms with Crippen LogP contribution in [0, 0.1) is 18.7 Å². The third-order valence-corrected chi connectivity index (χ3v) is 4.69. The molecule has 1 atom stereocenters. The number of nitrogens with zero attached hydrogens (tertiary/aromatic N) is 3. The molecule has 5 nitrogen and oxygen atoms in total. The van der Waals surface area contributed by atoms with Crippen LogP contribution < -0.4 is 5.32 Å². The third kappa shape index (κ3) is 2.99. The van der Waals surface area contributed by atoms with E-state index in [9.17, 15) is 9.18 Å². The second-order valence-electron chi connectivity index (χ2n) is 6.70. The largest absolute Gasteiger partial charge is 0.348 e. The highest BCUT2D eigenvalue weighted by molar-refractivity contribution is 5.93. The zero-order valence-corrected chi connectivity index (χ0v) is 14.2. The first-order valence-corrected chi connectivity index (χ1v) is 8.45. The van der Waals surface area contributed by atoms with Gasteiger partial charge >= 0.3 is 0 Å². The molecule has 1 aromatic carbocycles. The lowest BCUT2D eigenvalue weighted by molar-refractivity contribution is 0.0928. The van der Waals surface area contributed by atoms with Crippen LogP contribution in [0.3, 0.4) is 0 Å². The zero-order chi connectivity index (χ0) is 17.6. The second-order valence-corrected chi connectivity index (χ2v) is 6.70. The van der Waals surface area contributed by atoms with Crippen LogP contribution in [0.25, 0.3) is 16.9 Å². The monoisotopic (exact) mass is 338 g/mol. The van der Waals surface area contributed by atoms with E-state index in [1.54, 1.807) is 22.8 Å². The molecule has 0 bridgehead atoms. The van der Waals surface area contributed by atoms with Gasteiger partial charge in [0.2, 0.25) is 0 Å². The molecule has 1 aliphatic carbocycles. The Morgan fingerprint density at radius 1 is 1.36 bits per heavy atom. The van der Waals surface area contributed by atoms with Crippen molar-refractivity contribution in [2.45, 2.75) is 32.7 Å². The van der Waals surface area contributed by atoms with Crippen LogP contribution in [-0.4, -0.2) is 26.5 Å². The molecule has 2 heterocycles. The SMILES string of the molecule is Cc1cc(-c2cccc(F)c2)nn2c(C(=O)NC(C)C3CC3)cnc12. The molecular formula is C19H19FN4O. The maximum atomic E-state index is 13.5. The van der Waals surface area contributed by atoms with Gasteiger partial charge in [0, 0.05) is 11.6 Å². The summed E-state index contributed by atoms with van der Waals surface area (Å²) >= 11 is 0. The van der Waals surface area contributed by atoms with Gasteiger partial charge in [0.25, 0.3) is 5.91 Å². The van der Waals surface area contributed by atoms with Crippen LogP contribution in [0.2, 0.25) is 0 Å². The lowest BCUT2D eigenvalue weighted by atomic mass is 10.1. The predicted molar refractivity (Wildman–Crippen MR) is 92.8 cm³/mol. The summed E-state index contributed by atoms with van der Waals surface area (Å²) < 4.78 is 15.1. The quantitative estimate of drug-likeness (QED) is 0.793. The molecule has 1 fully saturated rings. The summed E-state index contributed by atoms with van der Waals surface area (Å²) in [6, 6.07) is 8.26. The first-order valence-electron chi connectivity index (χ1n) is 8.45. The van der Waals surface area contributed by atoms with Gasteiger partial charge in [-0.25, -0.2) is 13.9 Å². The van der Waals surface area contributed by atoms with Gasteiger partial charge in [-0.05, 0) is 56.4 Å². The first-order chi connectivity index (χ1) is 12.0. The first kappa shape index (κ1) is 15.7. The summed E-state index contributed by atoms with van der Waals surface area (Å²) in [4.78, 5) is 16.9. The van der Waals surface area contributed by atoms with Gasteiger partial charge in [-0.3, -0.25) is 4.79 Å². The minimum absolute atomic E-state index is 0.144. The summed E-state index contributed by atoms with van der Waals surface area (Å²) in [6.45, 7) is 3.93. The van der Waals surface area contributed by atoms with Crippen LogP contribution in [0.1, 0.15) is 35.8 Å². The van der Waals surface area contributed by atoms with E-state index in [0.717, 1.165) is 18.4 Å². The molecule has 0 spiro atoms. The van der Waals surface area contributed by atoms with E-state index in [1.807, 2.05) is 19.9 Å². The standard InChI is InChI=1S/C19H19FN4O/c1-11-8-16(14-4-3-5-15(20)9-14)23-24-17(10-21-18(11)24)19(25)22-12(2)13-6-7-13/h3-5,8-10,12-13H,6-7H2,1-2H3,(H,22,25). The Bertz CT molecular complexity index is 961. The molecule has 6 heteroatoms. The van der Waals surface area contributed by atoms with E-state index in [4.69, 9.17) is 0 Å². The number of imidazole rings is 1. The van der Waals surface area contributed by atoms with Gasteiger partial charge in [-0.1, -0.05) is 12.1 Å². The molecule has 1 aliphatic rings. The lowest BCUT2D eigenvalue weighted by Crippen LogP contribution is -2.34. The fourth-order valence-corrected chi connectivity index (χ4v) is 3.06. The summed E-state index contributed by atoms with van der Waals surface area (Å²) in [5.41, 5.74) is 3.17. The number of fused-ring (bicyclic) bond motifs is 1. The van der Waals surface area contributed by atoms with Crippen LogP contribution in [0.4, 0.5) is 4.39 Å². The van der Waals surface area contributed by atoms with E-state index in [-0.39, 0.29) is 17.8 Å². The van der Waals surface area contributed by atoms with Gasteiger partial charge in [-0.15, -0.1) is 0 Å². The van der Waals surface area contributed by atoms with Gasteiger partial charge in [0.1, 0.15) is 5.82 Å². The number of halogens is 1. The minimum atomic E-state index is -0.320. The Kier molecular flexibility index (Phi) is 3.75. The maximum absolute atomic E-state index is 13.5. The Hall–Kier alpha value is -2.76. The van der Waals surface area contributed by atoms with E-state index in [2.05, 4.69) is 15.4 Å². The molecule has 2 aromatic heterocycles. The van der Waals surface area contributed by atoms with Crippen molar-refractivity contribution in [3.8, 4) is 11.3 Å². The average molecular weight is 338 g/mol. The topological polar surface area (TPSA) is 59.3 Å². The molecule has 4 rings (SSSR count). The molecule has 25 heavy (non-hydrogen) atoms. The summed E-state index contributed by atoms with van der Waals surface area (Å²) in [7, 11) is 0. The number of hydrogen-bond acceptors (Lipinski definition) is 3. The number of carbonyl (C=O) groups is 1. The predicted octanol–water partition coefficient (Wildman–Crippen LogP) is 3.37. The molecular weight excluding hydrogens is 319 g/mol. The molecule has 128 valence electrons. The highest BCUT2D eigenvalue weighted by Gasteiger charge is 2.29. The van der Waals surface area contributed by atoms with Crippen molar-refractivity contribution < 1.29 is 9.18 Å². The van der Waals surface area contributed by atoms with Crippen molar-refractivity contribution >= 4 is 11.6 Å². The van der Waals surface area contributed by atoms with Gasteiger partial charge in [0.15, 0.2) is 11.3 Å². The van der Waals surface area contributed by atoms with E-state index in [1.165, 1.54) is 12.1 Å². The number of amides is 1. The molecule has 1 unspecified atom stereocenters. The Labute approximate surface area is 144 Å². The van der Waals surface area contributed by atoms with E-state index in [0.29, 0.717) is 28.5 Å². The number of aromatic nitrogens is 3. The number of hydrogen-bond donors (Lipinski definition) is 1. The number of carbonyl (C=O) groups excluding carboxylic acids is 1. The summed E-state index contributed by atoms with van der Waals surface area (Å²) in [5.74, 6) is 0.0646. The molecule has 1 saturated carbocycles. The number of rotatable bonds is 4. The number of nitrogens with one attached hydrogen (secondary N) is 1. The summed E-state index contributed by atoms with van der Waals surface area (Å²) in [6.07, 6.45) is 3.87. The Morgan fingerprint density at radius 2 is 2.16 bits per heavy atom. The van der Waals surface area contributed by atoms with E-state index < -0.39 is 0 Å². The zero-order valence-electron chi connectivity index (χ0n) is 14.2.